The summed E-state index contributed by atoms with van der Waals surface area (Å²) >= 11 is 3.42. The number of nitrogens with zero attached hydrogens (tertiary/aromatic N) is 2. The molecule has 1 aromatic heterocycles. The number of aromatic nitrogens is 1. The zero-order valence-corrected chi connectivity index (χ0v) is 11.8. The fraction of sp³-hybridized carbons (Fsp3) is 0.667. The average Bonchev–Trinajstić information content (AvgIpc) is 2.92. The molecular formula is C12H17N3S2. The van der Waals surface area contributed by atoms with Crippen molar-refractivity contribution in [3.8, 4) is 6.07 Å². The standard InChI is InChI=1S/C12H17N3S2/c1-9(17-11-14-5-6-16-11)7-12(2,8-13)15-10-3-4-10/h5-6,9-10,15H,3-4,7H2,1-2H3. The minimum atomic E-state index is -0.398. The van der Waals surface area contributed by atoms with Crippen LogP contribution < -0.4 is 5.32 Å². The van der Waals surface area contributed by atoms with Crippen molar-refractivity contribution in [2.24, 2.45) is 0 Å². The minimum absolute atomic E-state index is 0.398. The Kier molecular flexibility index (Phi) is 4.08. The number of thioether (sulfide) groups is 1. The van der Waals surface area contributed by atoms with Crippen molar-refractivity contribution in [1.29, 1.82) is 5.26 Å². The lowest BCUT2D eigenvalue weighted by molar-refractivity contribution is 0.415. The summed E-state index contributed by atoms with van der Waals surface area (Å²) in [5.74, 6) is 0. The Morgan fingerprint density at radius 1 is 1.76 bits per heavy atom. The fourth-order valence-electron chi connectivity index (χ4n) is 1.87. The van der Waals surface area contributed by atoms with E-state index >= 15 is 0 Å². The fourth-order valence-corrected chi connectivity index (χ4v) is 4.00. The summed E-state index contributed by atoms with van der Waals surface area (Å²) < 4.78 is 1.09. The van der Waals surface area contributed by atoms with Gasteiger partial charge in [-0.15, -0.1) is 11.3 Å². The number of nitrogens with one attached hydrogen (secondary N) is 1. The van der Waals surface area contributed by atoms with Crippen LogP contribution in [0.3, 0.4) is 0 Å². The summed E-state index contributed by atoms with van der Waals surface area (Å²) in [6.45, 7) is 4.17. The molecule has 0 saturated heterocycles. The van der Waals surface area contributed by atoms with Crippen LogP contribution in [0, 0.1) is 11.3 Å². The van der Waals surface area contributed by atoms with E-state index in [0.29, 0.717) is 11.3 Å². The maximum Gasteiger partial charge on any atom is 0.150 e. The van der Waals surface area contributed by atoms with Crippen LogP contribution in [-0.4, -0.2) is 21.8 Å². The molecule has 2 unspecified atom stereocenters. The van der Waals surface area contributed by atoms with Gasteiger partial charge in [0.15, 0.2) is 0 Å². The van der Waals surface area contributed by atoms with Crippen LogP contribution in [0.2, 0.25) is 0 Å². The molecule has 1 fully saturated rings. The molecule has 0 aromatic carbocycles. The van der Waals surface area contributed by atoms with Gasteiger partial charge in [0.1, 0.15) is 9.88 Å². The van der Waals surface area contributed by atoms with Crippen LogP contribution in [0.1, 0.15) is 33.1 Å². The maximum absolute atomic E-state index is 9.30. The molecular weight excluding hydrogens is 250 g/mol. The lowest BCUT2D eigenvalue weighted by atomic mass is 9.98. The first-order chi connectivity index (χ1) is 8.11. The van der Waals surface area contributed by atoms with Crippen molar-refractivity contribution in [1.82, 2.24) is 10.3 Å². The van der Waals surface area contributed by atoms with Gasteiger partial charge in [-0.05, 0) is 26.2 Å². The highest BCUT2D eigenvalue weighted by molar-refractivity contribution is 8.01. The number of hydrogen-bond acceptors (Lipinski definition) is 5. The zero-order valence-electron chi connectivity index (χ0n) is 10.1. The quantitative estimate of drug-likeness (QED) is 0.805. The third kappa shape index (κ3) is 3.98. The van der Waals surface area contributed by atoms with Gasteiger partial charge >= 0.3 is 0 Å². The number of thiazole rings is 1. The van der Waals surface area contributed by atoms with Gasteiger partial charge in [0.25, 0.3) is 0 Å². The first kappa shape index (κ1) is 12.9. The second kappa shape index (κ2) is 5.38. The van der Waals surface area contributed by atoms with Crippen molar-refractivity contribution in [2.45, 2.75) is 54.3 Å². The average molecular weight is 267 g/mol. The van der Waals surface area contributed by atoms with Gasteiger partial charge in [-0.25, -0.2) is 4.98 Å². The third-order valence-corrected chi connectivity index (χ3v) is 4.77. The topological polar surface area (TPSA) is 48.7 Å². The molecule has 0 spiro atoms. The van der Waals surface area contributed by atoms with Gasteiger partial charge in [-0.2, -0.15) is 5.26 Å². The van der Waals surface area contributed by atoms with Crippen molar-refractivity contribution < 1.29 is 0 Å². The lowest BCUT2D eigenvalue weighted by Crippen LogP contribution is -2.44. The molecule has 92 valence electrons. The van der Waals surface area contributed by atoms with Gasteiger partial charge < -0.3 is 0 Å². The first-order valence-corrected chi connectivity index (χ1v) is 7.62. The molecule has 0 aliphatic heterocycles. The van der Waals surface area contributed by atoms with Gasteiger partial charge in [-0.3, -0.25) is 5.32 Å². The van der Waals surface area contributed by atoms with Crippen molar-refractivity contribution >= 4 is 23.1 Å². The van der Waals surface area contributed by atoms with Gasteiger partial charge in [0.2, 0.25) is 0 Å². The van der Waals surface area contributed by atoms with E-state index in [2.05, 4.69) is 23.3 Å². The predicted molar refractivity (Wildman–Crippen MR) is 72.2 cm³/mol. The Balaban J connectivity index is 1.86. The summed E-state index contributed by atoms with van der Waals surface area (Å²) in [7, 11) is 0. The predicted octanol–water partition coefficient (Wildman–Crippen LogP) is 3.05. The van der Waals surface area contributed by atoms with Gasteiger partial charge in [0, 0.05) is 22.9 Å². The molecule has 17 heavy (non-hydrogen) atoms. The second-order valence-corrected chi connectivity index (χ2v) is 7.37. The van der Waals surface area contributed by atoms with Crippen LogP contribution in [0.4, 0.5) is 0 Å². The summed E-state index contributed by atoms with van der Waals surface area (Å²) in [6.07, 6.45) is 5.10. The molecule has 1 aliphatic carbocycles. The SMILES string of the molecule is CC(CC(C)(C#N)NC1CC1)Sc1nccs1. The van der Waals surface area contributed by atoms with Crippen molar-refractivity contribution in [2.75, 3.05) is 0 Å². The number of rotatable bonds is 6. The summed E-state index contributed by atoms with van der Waals surface area (Å²) in [5, 5.41) is 15.1. The largest absolute Gasteiger partial charge is 0.297 e. The molecule has 1 N–H and O–H groups in total. The Labute approximate surface area is 111 Å². The zero-order chi connectivity index (χ0) is 12.3. The Bertz CT molecular complexity index is 394. The van der Waals surface area contributed by atoms with E-state index in [-0.39, 0.29) is 0 Å². The molecule has 2 atom stereocenters. The second-order valence-electron chi connectivity index (χ2n) is 4.79. The van der Waals surface area contributed by atoms with Crippen LogP contribution in [-0.2, 0) is 0 Å². The minimum Gasteiger partial charge on any atom is -0.297 e. The molecule has 0 radical (unpaired) electrons. The maximum atomic E-state index is 9.30. The Morgan fingerprint density at radius 3 is 3.06 bits per heavy atom. The summed E-state index contributed by atoms with van der Waals surface area (Å²) in [4.78, 5) is 4.26. The molecule has 0 amide bonds. The van der Waals surface area contributed by atoms with Gasteiger partial charge in [0.05, 0.1) is 6.07 Å². The highest BCUT2D eigenvalue weighted by Gasteiger charge is 2.33. The van der Waals surface area contributed by atoms with Crippen LogP contribution in [0.5, 0.6) is 0 Å². The van der Waals surface area contributed by atoms with E-state index in [1.807, 2.05) is 18.5 Å². The Hall–Kier alpha value is -0.570. The van der Waals surface area contributed by atoms with Crippen LogP contribution >= 0.6 is 23.1 Å². The monoisotopic (exact) mass is 267 g/mol. The molecule has 2 rings (SSSR count). The van der Waals surface area contributed by atoms with Crippen molar-refractivity contribution in [3.05, 3.63) is 11.6 Å². The normalized spacial score (nSPS) is 20.5. The van der Waals surface area contributed by atoms with E-state index in [4.69, 9.17) is 0 Å². The van der Waals surface area contributed by atoms with Crippen molar-refractivity contribution in [3.63, 3.8) is 0 Å². The summed E-state index contributed by atoms with van der Waals surface area (Å²) in [6, 6.07) is 2.99. The van der Waals surface area contributed by atoms with E-state index in [9.17, 15) is 5.26 Å². The van der Waals surface area contributed by atoms with Crippen LogP contribution in [0.15, 0.2) is 15.9 Å². The molecule has 1 heterocycles. The highest BCUT2D eigenvalue weighted by atomic mass is 32.2. The number of hydrogen-bond donors (Lipinski definition) is 1. The van der Waals surface area contributed by atoms with E-state index in [1.165, 1.54) is 12.8 Å². The molecule has 0 bridgehead atoms. The first-order valence-electron chi connectivity index (χ1n) is 5.86. The summed E-state index contributed by atoms with van der Waals surface area (Å²) in [5.41, 5.74) is -0.398. The van der Waals surface area contributed by atoms with Gasteiger partial charge in [-0.1, -0.05) is 18.7 Å². The third-order valence-electron chi connectivity index (χ3n) is 2.75. The number of nitriles is 1. The van der Waals surface area contributed by atoms with E-state index in [1.54, 1.807) is 23.1 Å². The van der Waals surface area contributed by atoms with Crippen LogP contribution in [0.25, 0.3) is 0 Å². The Morgan fingerprint density at radius 2 is 2.53 bits per heavy atom. The molecule has 1 saturated carbocycles. The molecule has 1 aromatic rings. The highest BCUT2D eigenvalue weighted by Crippen LogP contribution is 2.31. The smallest absolute Gasteiger partial charge is 0.150 e. The van der Waals surface area contributed by atoms with E-state index in [0.717, 1.165) is 10.8 Å². The lowest BCUT2D eigenvalue weighted by Gasteiger charge is -2.26. The van der Waals surface area contributed by atoms with E-state index < -0.39 is 5.54 Å². The molecule has 1 aliphatic rings. The molecule has 5 heteroatoms. The molecule has 3 nitrogen and oxygen atoms in total.